The van der Waals surface area contributed by atoms with Crippen LogP contribution in [0.15, 0.2) is 17.1 Å². The lowest BCUT2D eigenvalue weighted by Gasteiger charge is -2.10. The van der Waals surface area contributed by atoms with E-state index in [4.69, 9.17) is 5.41 Å². The number of allylic oxidation sites excluding steroid dienone is 1. The predicted octanol–water partition coefficient (Wildman–Crippen LogP) is 1.13. The Kier molecular flexibility index (Phi) is 1.20. The highest BCUT2D eigenvalue weighted by Gasteiger charge is 2.64. The van der Waals surface area contributed by atoms with Gasteiger partial charge in [0.1, 0.15) is 0 Å². The van der Waals surface area contributed by atoms with Crippen LogP contribution in [0.25, 0.3) is 0 Å². The van der Waals surface area contributed by atoms with Crippen molar-refractivity contribution in [2.75, 3.05) is 0 Å². The summed E-state index contributed by atoms with van der Waals surface area (Å²) in [6.07, 6.45) is 4.41. The average molecular weight is 189 g/mol. The molecule has 4 nitrogen and oxygen atoms in total. The van der Waals surface area contributed by atoms with Crippen LogP contribution in [0.1, 0.15) is 13.3 Å². The highest BCUT2D eigenvalue weighted by atomic mass is 16.2. The first-order valence-corrected chi connectivity index (χ1v) is 4.76. The fourth-order valence-corrected chi connectivity index (χ4v) is 2.58. The fourth-order valence-electron chi connectivity index (χ4n) is 2.58. The van der Waals surface area contributed by atoms with Crippen LogP contribution >= 0.6 is 0 Å². The van der Waals surface area contributed by atoms with Crippen molar-refractivity contribution in [1.82, 2.24) is 5.32 Å². The highest BCUT2D eigenvalue weighted by molar-refractivity contribution is 6.15. The Morgan fingerprint density at radius 2 is 2.50 bits per heavy atom. The topological polar surface area (TPSA) is 65.3 Å². The lowest BCUT2D eigenvalue weighted by atomic mass is 10.0. The number of rotatable bonds is 0. The third-order valence-corrected chi connectivity index (χ3v) is 3.46. The van der Waals surface area contributed by atoms with E-state index in [0.717, 1.165) is 5.71 Å². The zero-order valence-corrected chi connectivity index (χ0v) is 7.87. The summed E-state index contributed by atoms with van der Waals surface area (Å²) in [5, 5.41) is 10.5. The molecule has 3 rings (SSSR count). The van der Waals surface area contributed by atoms with Gasteiger partial charge in [-0.05, 0) is 6.08 Å². The molecule has 3 unspecified atom stereocenters. The Hall–Kier alpha value is -1.45. The second kappa shape index (κ2) is 2.13. The minimum atomic E-state index is -0.243. The van der Waals surface area contributed by atoms with Crippen molar-refractivity contribution in [3.05, 3.63) is 12.2 Å². The van der Waals surface area contributed by atoms with E-state index in [-0.39, 0.29) is 17.5 Å². The first-order valence-electron chi connectivity index (χ1n) is 4.76. The number of hydrogen-bond acceptors (Lipinski definition) is 2. The van der Waals surface area contributed by atoms with Gasteiger partial charge in [-0.3, -0.25) is 0 Å². The largest absolute Gasteiger partial charge is 0.341 e. The van der Waals surface area contributed by atoms with E-state index in [1.165, 1.54) is 0 Å². The molecule has 0 aromatic carbocycles. The van der Waals surface area contributed by atoms with Crippen LogP contribution in [-0.4, -0.2) is 23.5 Å². The van der Waals surface area contributed by atoms with Crippen LogP contribution < -0.4 is 5.32 Å². The summed E-state index contributed by atoms with van der Waals surface area (Å²) in [7, 11) is 0. The van der Waals surface area contributed by atoms with Crippen molar-refractivity contribution in [1.29, 1.82) is 5.41 Å². The van der Waals surface area contributed by atoms with Gasteiger partial charge in [0.2, 0.25) is 0 Å². The SMILES string of the molecule is CC12C=CC(=N)CC3=NC(=O)NC1C32. The molecule has 72 valence electrons. The normalized spacial score (nSPS) is 43.6. The van der Waals surface area contributed by atoms with E-state index >= 15 is 0 Å². The van der Waals surface area contributed by atoms with Gasteiger partial charge in [0.05, 0.1) is 0 Å². The van der Waals surface area contributed by atoms with Gasteiger partial charge >= 0.3 is 6.03 Å². The van der Waals surface area contributed by atoms with Gasteiger partial charge in [0.15, 0.2) is 0 Å². The maximum Gasteiger partial charge on any atom is 0.341 e. The summed E-state index contributed by atoms with van der Waals surface area (Å²) < 4.78 is 0. The second-order valence-corrected chi connectivity index (χ2v) is 4.41. The lowest BCUT2D eigenvalue weighted by Crippen LogP contribution is -2.32. The Morgan fingerprint density at radius 3 is 3.29 bits per heavy atom. The van der Waals surface area contributed by atoms with Crippen LogP contribution in [0.2, 0.25) is 0 Å². The molecule has 0 bridgehead atoms. The molecule has 3 aliphatic rings. The van der Waals surface area contributed by atoms with Crippen molar-refractivity contribution in [3.8, 4) is 0 Å². The predicted molar refractivity (Wildman–Crippen MR) is 52.8 cm³/mol. The number of carbonyl (C=O) groups excluding carboxylic acids is 1. The summed E-state index contributed by atoms with van der Waals surface area (Å²) in [5.74, 6) is 0.333. The summed E-state index contributed by atoms with van der Waals surface area (Å²) >= 11 is 0. The standard InChI is InChI=1S/C10H11N3O/c1-10-3-2-5(11)4-6-7(10)8(10)13-9(14)12-6/h2-3,7-8,11H,4H2,1H3,(H,13,14). The van der Waals surface area contributed by atoms with E-state index in [1.807, 2.05) is 12.2 Å². The van der Waals surface area contributed by atoms with E-state index in [2.05, 4.69) is 17.2 Å². The third kappa shape index (κ3) is 0.806. The van der Waals surface area contributed by atoms with Gasteiger partial charge in [0, 0.05) is 35.2 Å². The molecule has 1 fully saturated rings. The van der Waals surface area contributed by atoms with E-state index < -0.39 is 0 Å². The van der Waals surface area contributed by atoms with Crippen LogP contribution in [0.4, 0.5) is 4.79 Å². The molecular formula is C10H11N3O. The summed E-state index contributed by atoms with van der Waals surface area (Å²) in [6, 6.07) is -0.0278. The molecule has 1 aliphatic heterocycles. The Morgan fingerprint density at radius 1 is 1.71 bits per heavy atom. The lowest BCUT2D eigenvalue weighted by molar-refractivity contribution is 0.247. The van der Waals surface area contributed by atoms with Crippen LogP contribution in [0, 0.1) is 16.7 Å². The molecule has 3 atom stereocenters. The number of amides is 2. The quantitative estimate of drug-likeness (QED) is 0.589. The molecule has 2 aliphatic carbocycles. The molecule has 0 aromatic rings. The smallest absolute Gasteiger partial charge is 0.332 e. The Labute approximate surface area is 81.6 Å². The zero-order chi connectivity index (χ0) is 9.92. The Balaban J connectivity index is 2.09. The summed E-state index contributed by atoms with van der Waals surface area (Å²) in [5.41, 5.74) is 1.44. The van der Waals surface area contributed by atoms with Crippen molar-refractivity contribution in [2.45, 2.75) is 19.4 Å². The maximum absolute atomic E-state index is 11.2. The fraction of sp³-hybridized carbons (Fsp3) is 0.500. The van der Waals surface area contributed by atoms with Crippen molar-refractivity contribution in [2.24, 2.45) is 16.3 Å². The monoisotopic (exact) mass is 189 g/mol. The molecular weight excluding hydrogens is 178 g/mol. The summed E-state index contributed by atoms with van der Waals surface area (Å²) in [6.45, 7) is 2.11. The average Bonchev–Trinajstić information content (AvgIpc) is 2.71. The van der Waals surface area contributed by atoms with Crippen molar-refractivity contribution in [3.63, 3.8) is 0 Å². The van der Waals surface area contributed by atoms with Crippen molar-refractivity contribution >= 4 is 17.5 Å². The minimum absolute atomic E-state index is 0.00773. The first kappa shape index (κ1) is 7.91. The number of nitrogens with zero attached hydrogens (tertiary/aromatic N) is 1. The van der Waals surface area contributed by atoms with E-state index in [1.54, 1.807) is 0 Å². The number of hydrogen-bond donors (Lipinski definition) is 2. The van der Waals surface area contributed by atoms with Gasteiger partial charge in [-0.15, -0.1) is 0 Å². The van der Waals surface area contributed by atoms with E-state index in [9.17, 15) is 4.79 Å². The van der Waals surface area contributed by atoms with Crippen LogP contribution in [0.5, 0.6) is 0 Å². The van der Waals surface area contributed by atoms with Gasteiger partial charge in [0.25, 0.3) is 0 Å². The van der Waals surface area contributed by atoms with Crippen molar-refractivity contribution < 1.29 is 4.79 Å². The molecule has 2 amide bonds. The molecule has 1 heterocycles. The number of nitrogens with one attached hydrogen (secondary N) is 2. The third-order valence-electron chi connectivity index (χ3n) is 3.46. The maximum atomic E-state index is 11.2. The number of carbonyl (C=O) groups is 1. The zero-order valence-electron chi connectivity index (χ0n) is 7.87. The number of aliphatic imine (C=N–C) groups is 1. The molecule has 1 saturated carbocycles. The Bertz CT molecular complexity index is 410. The minimum Gasteiger partial charge on any atom is -0.332 e. The van der Waals surface area contributed by atoms with Gasteiger partial charge < -0.3 is 10.7 Å². The molecule has 0 aromatic heterocycles. The van der Waals surface area contributed by atoms with Gasteiger partial charge in [-0.1, -0.05) is 13.0 Å². The van der Waals surface area contributed by atoms with Crippen LogP contribution in [0.3, 0.4) is 0 Å². The number of fused-ring (bicyclic) bond motifs is 1. The van der Waals surface area contributed by atoms with Gasteiger partial charge in [-0.25, -0.2) is 9.79 Å². The summed E-state index contributed by atoms with van der Waals surface area (Å²) in [4.78, 5) is 15.2. The molecule has 0 spiro atoms. The molecule has 4 heteroatoms. The second-order valence-electron chi connectivity index (χ2n) is 4.41. The number of urea groups is 1. The molecule has 0 saturated heterocycles. The highest BCUT2D eigenvalue weighted by Crippen LogP contribution is 2.57. The molecule has 14 heavy (non-hydrogen) atoms. The molecule has 2 N–H and O–H groups in total. The van der Waals surface area contributed by atoms with E-state index in [0.29, 0.717) is 18.1 Å². The van der Waals surface area contributed by atoms with Gasteiger partial charge in [-0.2, -0.15) is 0 Å². The first-order chi connectivity index (χ1) is 6.61. The molecule has 0 radical (unpaired) electrons. The van der Waals surface area contributed by atoms with Crippen LogP contribution in [-0.2, 0) is 0 Å².